The van der Waals surface area contributed by atoms with E-state index in [1.54, 1.807) is 24.2 Å². The van der Waals surface area contributed by atoms with Crippen molar-refractivity contribution >= 4 is 28.0 Å². The zero-order valence-corrected chi connectivity index (χ0v) is 15.1. The number of nitrogens with zero attached hydrogens (tertiary/aromatic N) is 5. The predicted molar refractivity (Wildman–Crippen MR) is 108 cm³/mol. The monoisotopic (exact) mass is 369 g/mol. The van der Waals surface area contributed by atoms with Crippen molar-refractivity contribution in [1.82, 2.24) is 19.9 Å². The first-order chi connectivity index (χ1) is 13.4. The average molecular weight is 369 g/mol. The van der Waals surface area contributed by atoms with E-state index in [9.17, 15) is 0 Å². The summed E-state index contributed by atoms with van der Waals surface area (Å²) < 4.78 is 0. The number of hydrogen-bond acceptors (Lipinski definition) is 6. The van der Waals surface area contributed by atoms with E-state index in [1.807, 2.05) is 12.1 Å². The molecule has 0 saturated heterocycles. The Morgan fingerprint density at radius 3 is 2.19 bits per heavy atom. The van der Waals surface area contributed by atoms with Gasteiger partial charge in [0.05, 0.1) is 11.3 Å². The van der Waals surface area contributed by atoms with Crippen LogP contribution in [0.15, 0.2) is 84.4 Å². The number of thioether (sulfide) groups is 1. The Balaban J connectivity index is 1.63. The maximum Gasteiger partial charge on any atom is 0.182 e. The highest BCUT2D eigenvalue weighted by molar-refractivity contribution is 8.14. The first kappa shape index (κ1) is 16.1. The molecule has 0 amide bonds. The van der Waals surface area contributed by atoms with Crippen molar-refractivity contribution in [3.05, 3.63) is 96.2 Å². The van der Waals surface area contributed by atoms with Crippen LogP contribution in [-0.4, -0.2) is 25.0 Å². The maximum absolute atomic E-state index is 5.06. The highest BCUT2D eigenvalue weighted by atomic mass is 32.2. The standard InChI is InChI=1S/C21H15N5S/c1-3-7-14(8-4-1)16-19(15-9-5-2-6-10-15)27-21(26-16)18-17-20(25-13-24-18)23-12-11-22-17/h1-13,16,19H. The summed E-state index contributed by atoms with van der Waals surface area (Å²) in [6, 6.07) is 20.9. The lowest BCUT2D eigenvalue weighted by atomic mass is 9.99. The quantitative estimate of drug-likeness (QED) is 0.536. The Morgan fingerprint density at radius 1 is 0.704 bits per heavy atom. The third kappa shape index (κ3) is 2.98. The van der Waals surface area contributed by atoms with Gasteiger partial charge in [-0.25, -0.2) is 19.9 Å². The second-order valence-corrected chi connectivity index (χ2v) is 7.32. The molecule has 1 aliphatic rings. The highest BCUT2D eigenvalue weighted by Gasteiger charge is 2.34. The maximum atomic E-state index is 5.06. The summed E-state index contributed by atoms with van der Waals surface area (Å²) in [6.07, 6.45) is 4.84. The van der Waals surface area contributed by atoms with Gasteiger partial charge in [0, 0.05) is 12.4 Å². The fourth-order valence-electron chi connectivity index (χ4n) is 3.27. The minimum absolute atomic E-state index is 0.0234. The van der Waals surface area contributed by atoms with Crippen LogP contribution in [0.5, 0.6) is 0 Å². The number of aliphatic imine (C=N–C) groups is 1. The summed E-state index contributed by atoms with van der Waals surface area (Å²) in [5.41, 5.74) is 4.47. The molecule has 0 radical (unpaired) electrons. The third-order valence-electron chi connectivity index (χ3n) is 4.52. The van der Waals surface area contributed by atoms with Gasteiger partial charge in [-0.2, -0.15) is 0 Å². The van der Waals surface area contributed by atoms with Crippen molar-refractivity contribution < 1.29 is 0 Å². The van der Waals surface area contributed by atoms with Crippen LogP contribution in [0.4, 0.5) is 0 Å². The smallest absolute Gasteiger partial charge is 0.182 e. The van der Waals surface area contributed by atoms with Crippen LogP contribution in [-0.2, 0) is 0 Å². The van der Waals surface area contributed by atoms with Crippen LogP contribution in [0.25, 0.3) is 11.2 Å². The van der Waals surface area contributed by atoms with Crippen LogP contribution in [0.3, 0.4) is 0 Å². The fourth-order valence-corrected chi connectivity index (χ4v) is 4.59. The molecule has 5 rings (SSSR count). The van der Waals surface area contributed by atoms with Gasteiger partial charge in [-0.05, 0) is 11.1 Å². The molecule has 2 aromatic carbocycles. The predicted octanol–water partition coefficient (Wildman–Crippen LogP) is 4.40. The first-order valence-corrected chi connectivity index (χ1v) is 9.54. The van der Waals surface area contributed by atoms with Gasteiger partial charge in [0.25, 0.3) is 0 Å². The number of rotatable bonds is 3. The summed E-state index contributed by atoms with van der Waals surface area (Å²) >= 11 is 1.73. The molecule has 2 unspecified atom stereocenters. The molecular weight excluding hydrogens is 354 g/mol. The van der Waals surface area contributed by atoms with Crippen LogP contribution in [0, 0.1) is 0 Å². The van der Waals surface area contributed by atoms with E-state index < -0.39 is 0 Å². The van der Waals surface area contributed by atoms with E-state index in [1.165, 1.54) is 17.5 Å². The second kappa shape index (κ2) is 6.89. The zero-order valence-electron chi connectivity index (χ0n) is 14.3. The number of aromatic nitrogens is 4. The molecule has 0 fully saturated rings. The van der Waals surface area contributed by atoms with Crippen LogP contribution < -0.4 is 0 Å². The normalized spacial score (nSPS) is 19.2. The fraction of sp³-hybridized carbons (Fsp3) is 0.0952. The van der Waals surface area contributed by atoms with Crippen molar-refractivity contribution in [3.8, 4) is 0 Å². The molecule has 2 aromatic heterocycles. The number of benzene rings is 2. The third-order valence-corrected chi connectivity index (χ3v) is 5.83. The molecule has 0 bridgehead atoms. The lowest BCUT2D eigenvalue weighted by Gasteiger charge is -2.17. The van der Waals surface area contributed by atoms with Crippen molar-refractivity contribution in [3.63, 3.8) is 0 Å². The zero-order chi connectivity index (χ0) is 18.1. The second-order valence-electron chi connectivity index (χ2n) is 6.19. The van der Waals surface area contributed by atoms with E-state index in [0.717, 1.165) is 10.7 Å². The van der Waals surface area contributed by atoms with E-state index in [4.69, 9.17) is 4.99 Å². The minimum Gasteiger partial charge on any atom is -0.266 e. The van der Waals surface area contributed by atoms with Gasteiger partial charge in [0.2, 0.25) is 0 Å². The largest absolute Gasteiger partial charge is 0.266 e. The van der Waals surface area contributed by atoms with Crippen LogP contribution >= 0.6 is 11.8 Å². The summed E-state index contributed by atoms with van der Waals surface area (Å²) in [6.45, 7) is 0. The average Bonchev–Trinajstić information content (AvgIpc) is 3.20. The molecule has 0 spiro atoms. The molecule has 5 nitrogen and oxygen atoms in total. The van der Waals surface area contributed by atoms with Gasteiger partial charge < -0.3 is 0 Å². The molecule has 1 aliphatic heterocycles. The van der Waals surface area contributed by atoms with Crippen LogP contribution in [0.2, 0.25) is 0 Å². The van der Waals surface area contributed by atoms with Gasteiger partial charge >= 0.3 is 0 Å². The molecule has 0 aliphatic carbocycles. The molecule has 0 saturated carbocycles. The molecule has 0 N–H and O–H groups in total. The van der Waals surface area contributed by atoms with Gasteiger partial charge in [-0.15, -0.1) is 0 Å². The summed E-state index contributed by atoms with van der Waals surface area (Å²) in [7, 11) is 0. The Morgan fingerprint density at radius 2 is 1.41 bits per heavy atom. The summed E-state index contributed by atoms with van der Waals surface area (Å²) in [5, 5.41) is 1.07. The molecule has 3 heterocycles. The van der Waals surface area contributed by atoms with Crippen molar-refractivity contribution in [2.24, 2.45) is 4.99 Å². The summed E-state index contributed by atoms with van der Waals surface area (Å²) in [5.74, 6) is 0. The van der Waals surface area contributed by atoms with Gasteiger partial charge in [-0.1, -0.05) is 72.4 Å². The van der Waals surface area contributed by atoms with E-state index in [-0.39, 0.29) is 11.3 Å². The van der Waals surface area contributed by atoms with Gasteiger partial charge in [0.15, 0.2) is 5.65 Å². The Labute approximate surface area is 160 Å². The topological polar surface area (TPSA) is 63.9 Å². The Kier molecular flexibility index (Phi) is 4.10. The molecule has 130 valence electrons. The molecule has 27 heavy (non-hydrogen) atoms. The van der Waals surface area contributed by atoms with E-state index in [0.29, 0.717) is 11.2 Å². The van der Waals surface area contributed by atoms with Crippen molar-refractivity contribution in [2.75, 3.05) is 0 Å². The molecule has 4 aromatic rings. The van der Waals surface area contributed by atoms with E-state index >= 15 is 0 Å². The Bertz CT molecular complexity index is 1110. The van der Waals surface area contributed by atoms with Gasteiger partial charge in [-0.3, -0.25) is 4.99 Å². The molecule has 2 atom stereocenters. The molecule has 6 heteroatoms. The lowest BCUT2D eigenvalue weighted by molar-refractivity contribution is 0.724. The Hall–Kier alpha value is -3.12. The first-order valence-electron chi connectivity index (χ1n) is 8.66. The SMILES string of the molecule is c1ccc(C2N=C(c3ncnc4nccnc34)SC2c2ccccc2)cc1. The summed E-state index contributed by atoms with van der Waals surface area (Å²) in [4.78, 5) is 22.5. The van der Waals surface area contributed by atoms with Crippen molar-refractivity contribution in [2.45, 2.75) is 11.3 Å². The van der Waals surface area contributed by atoms with E-state index in [2.05, 4.69) is 68.5 Å². The highest BCUT2D eigenvalue weighted by Crippen LogP contribution is 2.49. The van der Waals surface area contributed by atoms with Crippen molar-refractivity contribution in [1.29, 1.82) is 0 Å². The number of fused-ring (bicyclic) bond motifs is 1. The number of hydrogen-bond donors (Lipinski definition) is 0. The van der Waals surface area contributed by atoms with Crippen LogP contribution in [0.1, 0.15) is 28.1 Å². The molecular formula is C21H15N5S. The minimum atomic E-state index is 0.0234. The lowest BCUT2D eigenvalue weighted by Crippen LogP contribution is -2.02. The van der Waals surface area contributed by atoms with Gasteiger partial charge in [0.1, 0.15) is 22.6 Å².